The second-order valence-corrected chi connectivity index (χ2v) is 7.44. The van der Waals surface area contributed by atoms with E-state index in [1.807, 2.05) is 89.7 Å². The van der Waals surface area contributed by atoms with Crippen LogP contribution < -0.4 is 10.6 Å². The van der Waals surface area contributed by atoms with Crippen LogP contribution in [-0.4, -0.2) is 20.8 Å². The minimum Gasteiger partial charge on any atom is -0.334 e. The third-order valence-corrected chi connectivity index (χ3v) is 5.19. The number of para-hydroxylation sites is 1. The fourth-order valence-corrected chi connectivity index (χ4v) is 3.57. The molecule has 0 aliphatic heterocycles. The summed E-state index contributed by atoms with van der Waals surface area (Å²) in [5, 5.41) is 12.4. The first-order valence-electron chi connectivity index (χ1n) is 10.1. The second kappa shape index (κ2) is 7.91. The lowest BCUT2D eigenvalue weighted by atomic mass is 10.1. The minimum absolute atomic E-state index is 0.321. The number of anilines is 1. The Bertz CT molecular complexity index is 1370. The predicted molar refractivity (Wildman–Crippen MR) is 123 cm³/mol. The maximum Gasteiger partial charge on any atom is 0.320 e. The van der Waals surface area contributed by atoms with Gasteiger partial charge in [-0.05, 0) is 30.7 Å². The average molecular weight is 407 g/mol. The monoisotopic (exact) mass is 407 g/mol. The summed E-state index contributed by atoms with van der Waals surface area (Å²) in [6.07, 6.45) is 1.98. The maximum atomic E-state index is 12.6. The van der Waals surface area contributed by atoms with Gasteiger partial charge in [0.05, 0.1) is 11.2 Å². The highest BCUT2D eigenvalue weighted by Gasteiger charge is 2.15. The number of aromatic nitrogens is 3. The molecule has 0 unspecified atom stereocenters. The van der Waals surface area contributed by atoms with Crippen molar-refractivity contribution >= 4 is 33.7 Å². The highest BCUT2D eigenvalue weighted by Crippen LogP contribution is 2.29. The molecule has 5 aromatic rings. The largest absolute Gasteiger partial charge is 0.334 e. The molecule has 0 spiro atoms. The molecule has 5 rings (SSSR count). The number of carbonyl (C=O) groups excluding carboxylic acids is 1. The molecule has 2 amide bonds. The van der Waals surface area contributed by atoms with E-state index in [4.69, 9.17) is 5.10 Å². The van der Waals surface area contributed by atoms with E-state index in [9.17, 15) is 4.79 Å². The maximum absolute atomic E-state index is 12.6. The van der Waals surface area contributed by atoms with Crippen LogP contribution in [0.5, 0.6) is 0 Å². The summed E-state index contributed by atoms with van der Waals surface area (Å²) in [6.45, 7) is 2.48. The Kier molecular flexibility index (Phi) is 4.80. The number of fused-ring (bicyclic) bond motifs is 3. The molecule has 2 aromatic heterocycles. The molecule has 0 radical (unpaired) electrons. The Balaban J connectivity index is 1.51. The Labute approximate surface area is 179 Å². The van der Waals surface area contributed by atoms with Crippen molar-refractivity contribution in [2.75, 3.05) is 5.32 Å². The normalized spacial score (nSPS) is 11.0. The summed E-state index contributed by atoms with van der Waals surface area (Å²) >= 11 is 0. The average Bonchev–Trinajstić information content (AvgIpc) is 3.25. The second-order valence-electron chi connectivity index (χ2n) is 7.44. The van der Waals surface area contributed by atoms with Crippen molar-refractivity contribution in [3.63, 3.8) is 0 Å². The first-order chi connectivity index (χ1) is 15.2. The summed E-state index contributed by atoms with van der Waals surface area (Å²) in [6, 6.07) is 25.5. The first kappa shape index (κ1) is 18.8. The predicted octanol–water partition coefficient (Wildman–Crippen LogP) is 5.20. The molecular weight excluding hydrogens is 386 g/mol. The van der Waals surface area contributed by atoms with Crippen molar-refractivity contribution in [1.29, 1.82) is 0 Å². The van der Waals surface area contributed by atoms with Crippen LogP contribution in [0.2, 0.25) is 0 Å². The number of hydrogen-bond acceptors (Lipinski definition) is 3. The van der Waals surface area contributed by atoms with E-state index in [-0.39, 0.29) is 6.03 Å². The fourth-order valence-electron chi connectivity index (χ4n) is 3.57. The molecule has 0 bridgehead atoms. The van der Waals surface area contributed by atoms with Crippen LogP contribution in [0.3, 0.4) is 0 Å². The molecule has 31 heavy (non-hydrogen) atoms. The number of rotatable bonds is 4. The molecule has 6 heteroatoms. The first-order valence-corrected chi connectivity index (χ1v) is 10.1. The molecule has 6 nitrogen and oxygen atoms in total. The van der Waals surface area contributed by atoms with E-state index in [1.165, 1.54) is 5.56 Å². The van der Waals surface area contributed by atoms with Crippen LogP contribution in [0.1, 0.15) is 11.1 Å². The molecule has 3 aromatic carbocycles. The summed E-state index contributed by atoms with van der Waals surface area (Å²) in [7, 11) is 0. The van der Waals surface area contributed by atoms with Gasteiger partial charge in [-0.25, -0.2) is 14.5 Å². The van der Waals surface area contributed by atoms with Gasteiger partial charge < -0.3 is 5.32 Å². The van der Waals surface area contributed by atoms with E-state index in [2.05, 4.69) is 22.5 Å². The van der Waals surface area contributed by atoms with Gasteiger partial charge in [-0.1, -0.05) is 66.2 Å². The summed E-state index contributed by atoms with van der Waals surface area (Å²) < 4.78 is 1.82. The lowest BCUT2D eigenvalue weighted by Crippen LogP contribution is -2.28. The van der Waals surface area contributed by atoms with Crippen molar-refractivity contribution in [1.82, 2.24) is 20.1 Å². The van der Waals surface area contributed by atoms with E-state index >= 15 is 0 Å². The van der Waals surface area contributed by atoms with Crippen LogP contribution in [0.25, 0.3) is 27.5 Å². The summed E-state index contributed by atoms with van der Waals surface area (Å²) in [5.74, 6) is 0.435. The Hall–Kier alpha value is -4.19. The molecule has 2 N–H and O–H groups in total. The SMILES string of the molecule is Cc1ccc(-n2cc3c(n2)c(NC(=O)NCc2ccccc2)nc2ccccc23)cc1. The van der Waals surface area contributed by atoms with Gasteiger partial charge in [-0.15, -0.1) is 0 Å². The molecule has 0 aliphatic rings. The van der Waals surface area contributed by atoms with Crippen molar-refractivity contribution in [2.45, 2.75) is 13.5 Å². The highest BCUT2D eigenvalue weighted by molar-refractivity contribution is 6.10. The van der Waals surface area contributed by atoms with Gasteiger partial charge in [0.2, 0.25) is 0 Å². The van der Waals surface area contributed by atoms with Crippen molar-refractivity contribution in [2.24, 2.45) is 0 Å². The van der Waals surface area contributed by atoms with Gasteiger partial charge in [0.25, 0.3) is 0 Å². The lowest BCUT2D eigenvalue weighted by molar-refractivity contribution is 0.251. The minimum atomic E-state index is -0.321. The van der Waals surface area contributed by atoms with E-state index < -0.39 is 0 Å². The van der Waals surface area contributed by atoms with Crippen LogP contribution in [-0.2, 0) is 6.54 Å². The van der Waals surface area contributed by atoms with E-state index in [0.29, 0.717) is 17.9 Å². The lowest BCUT2D eigenvalue weighted by Gasteiger charge is -2.09. The summed E-state index contributed by atoms with van der Waals surface area (Å²) in [4.78, 5) is 17.3. The van der Waals surface area contributed by atoms with Gasteiger partial charge in [-0.2, -0.15) is 5.10 Å². The van der Waals surface area contributed by atoms with Crippen molar-refractivity contribution in [3.05, 3.63) is 96.2 Å². The van der Waals surface area contributed by atoms with Gasteiger partial charge in [0.15, 0.2) is 5.82 Å². The smallest absolute Gasteiger partial charge is 0.320 e. The zero-order chi connectivity index (χ0) is 21.2. The Morgan fingerprint density at radius 1 is 0.903 bits per heavy atom. The zero-order valence-electron chi connectivity index (χ0n) is 17.0. The van der Waals surface area contributed by atoms with E-state index in [1.54, 1.807) is 0 Å². The Morgan fingerprint density at radius 2 is 1.65 bits per heavy atom. The summed E-state index contributed by atoms with van der Waals surface area (Å²) in [5.41, 5.74) is 4.61. The Morgan fingerprint density at radius 3 is 2.45 bits per heavy atom. The molecule has 2 heterocycles. The van der Waals surface area contributed by atoms with Crippen molar-refractivity contribution < 1.29 is 4.79 Å². The number of amides is 2. The van der Waals surface area contributed by atoms with E-state index in [0.717, 1.165) is 27.5 Å². The number of pyridine rings is 1. The van der Waals surface area contributed by atoms with Gasteiger partial charge in [0.1, 0.15) is 5.52 Å². The van der Waals surface area contributed by atoms with Crippen LogP contribution in [0, 0.1) is 6.92 Å². The number of urea groups is 1. The molecule has 0 saturated heterocycles. The number of benzene rings is 3. The zero-order valence-corrected chi connectivity index (χ0v) is 17.0. The quantitative estimate of drug-likeness (QED) is 0.430. The molecule has 0 atom stereocenters. The fraction of sp³-hybridized carbons (Fsp3) is 0.0800. The van der Waals surface area contributed by atoms with Gasteiger partial charge >= 0.3 is 6.03 Å². The molecule has 0 fully saturated rings. The number of carbonyl (C=O) groups is 1. The number of nitrogens with zero attached hydrogens (tertiary/aromatic N) is 3. The highest BCUT2D eigenvalue weighted by atomic mass is 16.2. The number of nitrogens with one attached hydrogen (secondary N) is 2. The van der Waals surface area contributed by atoms with Crippen LogP contribution >= 0.6 is 0 Å². The van der Waals surface area contributed by atoms with Gasteiger partial charge in [-0.3, -0.25) is 5.32 Å². The van der Waals surface area contributed by atoms with Crippen molar-refractivity contribution in [3.8, 4) is 5.69 Å². The topological polar surface area (TPSA) is 71.8 Å². The molecule has 0 aliphatic carbocycles. The third kappa shape index (κ3) is 3.83. The molecule has 152 valence electrons. The van der Waals surface area contributed by atoms with Crippen LogP contribution in [0.4, 0.5) is 10.6 Å². The van der Waals surface area contributed by atoms with Gasteiger partial charge in [0, 0.05) is 23.5 Å². The molecular formula is C25H21N5O. The number of hydrogen-bond donors (Lipinski definition) is 2. The molecule has 0 saturated carbocycles. The third-order valence-electron chi connectivity index (χ3n) is 5.19. The number of aryl methyl sites for hydroxylation is 1. The standard InChI is InChI=1S/C25H21N5O/c1-17-11-13-19(14-12-17)30-16-21-20-9-5-6-10-22(20)27-24(23(21)29-30)28-25(31)26-15-18-7-3-2-4-8-18/h2-14,16H,15H2,1H3,(H2,26,27,28,31). The van der Waals surface area contributed by atoms with Crippen LogP contribution in [0.15, 0.2) is 85.1 Å².